The molecule has 3 saturated carbocycles. The average Bonchev–Trinajstić information content (AvgIpc) is 3.13. The van der Waals surface area contributed by atoms with Crippen molar-refractivity contribution in [3.05, 3.63) is 0 Å². The van der Waals surface area contributed by atoms with E-state index in [1.165, 1.54) is 45.1 Å². The Morgan fingerprint density at radius 1 is 1.06 bits per heavy atom. The van der Waals surface area contributed by atoms with Gasteiger partial charge in [0.15, 0.2) is 0 Å². The highest BCUT2D eigenvalue weighted by atomic mass is 15.0. The molecule has 0 saturated heterocycles. The van der Waals surface area contributed by atoms with Crippen LogP contribution in [0.3, 0.4) is 0 Å². The molecular weight excluding hydrogens is 220 g/mol. The molecule has 0 aromatic heterocycles. The van der Waals surface area contributed by atoms with Gasteiger partial charge in [-0.25, -0.2) is 0 Å². The summed E-state index contributed by atoms with van der Waals surface area (Å²) >= 11 is 0. The SMILES string of the molecule is CC(C)C1CC(CN)(NCC(C2CC2)C2CC2)C1. The molecule has 0 unspecified atom stereocenters. The lowest BCUT2D eigenvalue weighted by molar-refractivity contribution is 0.0705. The van der Waals surface area contributed by atoms with Crippen LogP contribution in [0.15, 0.2) is 0 Å². The summed E-state index contributed by atoms with van der Waals surface area (Å²) in [6.07, 6.45) is 8.59. The van der Waals surface area contributed by atoms with Gasteiger partial charge in [0.1, 0.15) is 0 Å². The topological polar surface area (TPSA) is 38.0 Å². The largest absolute Gasteiger partial charge is 0.329 e. The molecule has 0 aromatic rings. The van der Waals surface area contributed by atoms with Crippen LogP contribution < -0.4 is 11.1 Å². The maximum absolute atomic E-state index is 6.04. The van der Waals surface area contributed by atoms with Crippen molar-refractivity contribution < 1.29 is 0 Å². The predicted molar refractivity (Wildman–Crippen MR) is 76.3 cm³/mol. The van der Waals surface area contributed by atoms with Gasteiger partial charge in [-0.2, -0.15) is 0 Å². The maximum Gasteiger partial charge on any atom is 0.0309 e. The highest BCUT2D eigenvalue weighted by molar-refractivity contribution is 5.04. The van der Waals surface area contributed by atoms with E-state index in [1.54, 1.807) is 0 Å². The van der Waals surface area contributed by atoms with Gasteiger partial charge in [-0.1, -0.05) is 13.8 Å². The number of hydrogen-bond acceptors (Lipinski definition) is 2. The van der Waals surface area contributed by atoms with Crippen molar-refractivity contribution in [2.45, 2.75) is 57.9 Å². The third-order valence-electron chi connectivity index (χ3n) is 5.81. The fraction of sp³-hybridized carbons (Fsp3) is 1.00. The Bertz CT molecular complexity index is 273. The molecular formula is C16H30N2. The summed E-state index contributed by atoms with van der Waals surface area (Å²) in [4.78, 5) is 0. The minimum absolute atomic E-state index is 0.303. The molecule has 104 valence electrons. The van der Waals surface area contributed by atoms with E-state index in [9.17, 15) is 0 Å². The first-order valence-electron chi connectivity index (χ1n) is 8.08. The smallest absolute Gasteiger partial charge is 0.0309 e. The minimum Gasteiger partial charge on any atom is -0.329 e. The third kappa shape index (κ3) is 2.60. The van der Waals surface area contributed by atoms with Gasteiger partial charge in [0.2, 0.25) is 0 Å². The highest BCUT2D eigenvalue weighted by Crippen LogP contribution is 2.49. The summed E-state index contributed by atoms with van der Waals surface area (Å²) in [5.74, 6) is 4.82. The molecule has 3 aliphatic rings. The lowest BCUT2D eigenvalue weighted by atomic mass is 9.64. The Morgan fingerprint density at radius 3 is 2.00 bits per heavy atom. The standard InChI is InChI=1S/C16H30N2/c1-11(2)14-7-16(8-14,10-17)18-9-15(12-3-4-12)13-5-6-13/h11-15,18H,3-10,17H2,1-2H3. The Balaban J connectivity index is 1.48. The van der Waals surface area contributed by atoms with Crippen molar-refractivity contribution in [2.75, 3.05) is 13.1 Å². The summed E-state index contributed by atoms with van der Waals surface area (Å²) < 4.78 is 0. The van der Waals surface area contributed by atoms with Gasteiger partial charge < -0.3 is 11.1 Å². The molecule has 2 heteroatoms. The monoisotopic (exact) mass is 250 g/mol. The first-order chi connectivity index (χ1) is 8.63. The maximum atomic E-state index is 6.04. The molecule has 0 amide bonds. The molecule has 18 heavy (non-hydrogen) atoms. The zero-order valence-electron chi connectivity index (χ0n) is 12.1. The zero-order valence-corrected chi connectivity index (χ0v) is 12.1. The summed E-state index contributed by atoms with van der Waals surface area (Å²) in [5.41, 5.74) is 6.34. The molecule has 0 aliphatic heterocycles. The number of hydrogen-bond donors (Lipinski definition) is 2. The highest BCUT2D eigenvalue weighted by Gasteiger charge is 2.46. The van der Waals surface area contributed by atoms with E-state index < -0.39 is 0 Å². The van der Waals surface area contributed by atoms with Crippen molar-refractivity contribution in [1.29, 1.82) is 0 Å². The van der Waals surface area contributed by atoms with Gasteiger partial charge in [0, 0.05) is 12.1 Å². The first-order valence-corrected chi connectivity index (χ1v) is 8.08. The van der Waals surface area contributed by atoms with Crippen molar-refractivity contribution in [2.24, 2.45) is 35.3 Å². The van der Waals surface area contributed by atoms with Crippen LogP contribution in [0.5, 0.6) is 0 Å². The average molecular weight is 250 g/mol. The molecule has 0 spiro atoms. The molecule has 3 N–H and O–H groups in total. The number of nitrogens with two attached hydrogens (primary N) is 1. The second-order valence-electron chi connectivity index (χ2n) is 7.62. The van der Waals surface area contributed by atoms with Crippen LogP contribution in [0, 0.1) is 29.6 Å². The van der Waals surface area contributed by atoms with E-state index in [0.29, 0.717) is 5.54 Å². The van der Waals surface area contributed by atoms with Crippen LogP contribution in [-0.2, 0) is 0 Å². The van der Waals surface area contributed by atoms with Crippen LogP contribution in [-0.4, -0.2) is 18.6 Å². The summed E-state index contributed by atoms with van der Waals surface area (Å²) in [6.45, 7) is 6.78. The van der Waals surface area contributed by atoms with E-state index in [1.807, 2.05) is 0 Å². The van der Waals surface area contributed by atoms with Crippen LogP contribution >= 0.6 is 0 Å². The lowest BCUT2D eigenvalue weighted by Crippen LogP contribution is -2.61. The van der Waals surface area contributed by atoms with Gasteiger partial charge in [-0.3, -0.25) is 0 Å². The molecule has 0 radical (unpaired) electrons. The predicted octanol–water partition coefficient (Wildman–Crippen LogP) is 2.78. The van der Waals surface area contributed by atoms with Gasteiger partial charge in [-0.05, 0) is 74.7 Å². The van der Waals surface area contributed by atoms with E-state index in [-0.39, 0.29) is 0 Å². The Labute approximate surface area is 112 Å². The molecule has 3 rings (SSSR count). The van der Waals surface area contributed by atoms with Crippen molar-refractivity contribution in [3.8, 4) is 0 Å². The second kappa shape index (κ2) is 4.79. The van der Waals surface area contributed by atoms with E-state index >= 15 is 0 Å². The Hall–Kier alpha value is -0.0800. The van der Waals surface area contributed by atoms with Crippen LogP contribution in [0.4, 0.5) is 0 Å². The number of nitrogens with one attached hydrogen (secondary N) is 1. The van der Waals surface area contributed by atoms with Crippen LogP contribution in [0.1, 0.15) is 52.4 Å². The van der Waals surface area contributed by atoms with Gasteiger partial charge >= 0.3 is 0 Å². The third-order valence-corrected chi connectivity index (χ3v) is 5.81. The molecule has 0 heterocycles. The van der Waals surface area contributed by atoms with E-state index in [0.717, 1.165) is 36.1 Å². The second-order valence-corrected chi connectivity index (χ2v) is 7.62. The molecule has 2 nitrogen and oxygen atoms in total. The molecule has 0 aromatic carbocycles. The van der Waals surface area contributed by atoms with Crippen LogP contribution in [0.2, 0.25) is 0 Å². The van der Waals surface area contributed by atoms with Gasteiger partial charge in [-0.15, -0.1) is 0 Å². The van der Waals surface area contributed by atoms with Crippen molar-refractivity contribution in [1.82, 2.24) is 5.32 Å². The van der Waals surface area contributed by atoms with Crippen LogP contribution in [0.25, 0.3) is 0 Å². The van der Waals surface area contributed by atoms with E-state index in [2.05, 4.69) is 19.2 Å². The molecule has 0 bridgehead atoms. The van der Waals surface area contributed by atoms with E-state index in [4.69, 9.17) is 5.73 Å². The summed E-state index contributed by atoms with van der Waals surface area (Å²) in [7, 11) is 0. The molecule has 3 aliphatic carbocycles. The number of rotatable bonds is 7. The summed E-state index contributed by atoms with van der Waals surface area (Å²) in [6, 6.07) is 0. The fourth-order valence-electron chi connectivity index (χ4n) is 3.90. The van der Waals surface area contributed by atoms with Crippen molar-refractivity contribution in [3.63, 3.8) is 0 Å². The van der Waals surface area contributed by atoms with Crippen molar-refractivity contribution >= 4 is 0 Å². The molecule has 0 atom stereocenters. The van der Waals surface area contributed by atoms with Gasteiger partial charge in [0.25, 0.3) is 0 Å². The fourth-order valence-corrected chi connectivity index (χ4v) is 3.90. The molecule has 3 fully saturated rings. The first kappa shape index (κ1) is 12.9. The van der Waals surface area contributed by atoms with Gasteiger partial charge in [0.05, 0.1) is 0 Å². The lowest BCUT2D eigenvalue weighted by Gasteiger charge is -2.50. The Morgan fingerprint density at radius 2 is 1.61 bits per heavy atom. The summed E-state index contributed by atoms with van der Waals surface area (Å²) in [5, 5.41) is 3.88. The zero-order chi connectivity index (χ0) is 12.8. The Kier molecular flexibility index (Phi) is 3.44. The normalized spacial score (nSPS) is 36.2. The minimum atomic E-state index is 0.303. The quantitative estimate of drug-likeness (QED) is 0.729.